The second-order valence-corrected chi connectivity index (χ2v) is 4.65. The Labute approximate surface area is 107 Å². The monoisotopic (exact) mass is 279 g/mol. The highest BCUT2D eigenvalue weighted by Gasteiger charge is 1.89. The van der Waals surface area contributed by atoms with Crippen molar-refractivity contribution >= 4 is 15.9 Å². The quantitative estimate of drug-likeness (QED) is 0.438. The van der Waals surface area contributed by atoms with Crippen molar-refractivity contribution in [3.8, 4) is 11.8 Å². The Balaban J connectivity index is 2.20. The van der Waals surface area contributed by atoms with Gasteiger partial charge >= 0.3 is 0 Å². The largest absolute Gasteiger partial charge is 0.248 e. The topological polar surface area (TPSA) is 12.9 Å². The van der Waals surface area contributed by atoms with Crippen LogP contribution in [-0.4, -0.2) is 4.98 Å². The molecule has 1 aromatic heterocycles. The molecule has 86 valence electrons. The van der Waals surface area contributed by atoms with Gasteiger partial charge in [-0.2, -0.15) is 0 Å². The minimum Gasteiger partial charge on any atom is -0.248 e. The van der Waals surface area contributed by atoms with Gasteiger partial charge in [0.25, 0.3) is 0 Å². The highest BCUT2D eigenvalue weighted by molar-refractivity contribution is 9.10. The van der Waals surface area contributed by atoms with Crippen LogP contribution in [0.25, 0.3) is 0 Å². The number of hydrogen-bond donors (Lipinski definition) is 0. The molecule has 16 heavy (non-hydrogen) atoms. The number of halogens is 1. The molecule has 2 heteroatoms. The first kappa shape index (κ1) is 13.3. The molecule has 0 aliphatic heterocycles. The summed E-state index contributed by atoms with van der Waals surface area (Å²) in [6.07, 6.45) is 9.32. The van der Waals surface area contributed by atoms with Gasteiger partial charge in [-0.25, -0.2) is 4.98 Å². The molecule has 0 aliphatic carbocycles. The fraction of sp³-hybridized carbons (Fsp3) is 0.500. The second-order valence-electron chi connectivity index (χ2n) is 3.84. The first-order valence-corrected chi connectivity index (χ1v) is 6.72. The van der Waals surface area contributed by atoms with Crippen molar-refractivity contribution in [2.75, 3.05) is 0 Å². The van der Waals surface area contributed by atoms with Crippen LogP contribution in [0.4, 0.5) is 0 Å². The van der Waals surface area contributed by atoms with E-state index in [0.29, 0.717) is 0 Å². The summed E-state index contributed by atoms with van der Waals surface area (Å²) in [6.45, 7) is 2.24. The molecule has 0 aliphatic rings. The molecule has 0 N–H and O–H groups in total. The third kappa shape index (κ3) is 5.92. The van der Waals surface area contributed by atoms with E-state index < -0.39 is 0 Å². The van der Waals surface area contributed by atoms with E-state index in [4.69, 9.17) is 0 Å². The van der Waals surface area contributed by atoms with Gasteiger partial charge in [0.2, 0.25) is 0 Å². The van der Waals surface area contributed by atoms with Crippen LogP contribution in [0.15, 0.2) is 22.9 Å². The summed E-state index contributed by atoms with van der Waals surface area (Å²) in [7, 11) is 0. The molecule has 0 unspecified atom stereocenters. The molecule has 1 rings (SSSR count). The SMILES string of the molecule is CCCCCCCC#Cc1ccc(Br)nc1. The number of aromatic nitrogens is 1. The zero-order chi connectivity index (χ0) is 11.6. The van der Waals surface area contributed by atoms with Gasteiger partial charge < -0.3 is 0 Å². The van der Waals surface area contributed by atoms with Gasteiger partial charge in [-0.05, 0) is 34.5 Å². The van der Waals surface area contributed by atoms with Crippen molar-refractivity contribution in [1.29, 1.82) is 0 Å². The normalized spacial score (nSPS) is 9.62. The van der Waals surface area contributed by atoms with E-state index in [0.717, 1.165) is 16.6 Å². The molecule has 0 atom stereocenters. The van der Waals surface area contributed by atoms with Crippen molar-refractivity contribution in [1.82, 2.24) is 4.98 Å². The average molecular weight is 280 g/mol. The second kappa shape index (κ2) is 8.35. The van der Waals surface area contributed by atoms with Crippen molar-refractivity contribution in [2.45, 2.75) is 45.4 Å². The molecule has 0 radical (unpaired) electrons. The first-order chi connectivity index (χ1) is 7.83. The summed E-state index contributed by atoms with van der Waals surface area (Å²) in [4.78, 5) is 4.13. The molecule has 0 spiro atoms. The third-order valence-electron chi connectivity index (χ3n) is 2.37. The van der Waals surface area contributed by atoms with Gasteiger partial charge in [-0.1, -0.05) is 44.4 Å². The molecule has 1 nitrogen and oxygen atoms in total. The Hall–Kier alpha value is -0.810. The lowest BCUT2D eigenvalue weighted by molar-refractivity contribution is 0.641. The van der Waals surface area contributed by atoms with Crippen LogP contribution in [0.2, 0.25) is 0 Å². The van der Waals surface area contributed by atoms with Crippen LogP contribution in [-0.2, 0) is 0 Å². The summed E-state index contributed by atoms with van der Waals surface area (Å²) in [5.74, 6) is 6.32. The van der Waals surface area contributed by atoms with Gasteiger partial charge in [0.15, 0.2) is 0 Å². The molecule has 1 aromatic rings. The zero-order valence-corrected chi connectivity index (χ0v) is 11.4. The predicted molar refractivity (Wildman–Crippen MR) is 72.2 cm³/mol. The molecule has 0 aromatic carbocycles. The van der Waals surface area contributed by atoms with Crippen molar-refractivity contribution in [3.63, 3.8) is 0 Å². The summed E-state index contributed by atoms with van der Waals surface area (Å²) in [5.41, 5.74) is 0.997. The Bertz CT molecular complexity index is 345. The number of nitrogens with zero attached hydrogens (tertiary/aromatic N) is 1. The Morgan fingerprint density at radius 2 is 2.00 bits per heavy atom. The maximum atomic E-state index is 4.13. The highest BCUT2D eigenvalue weighted by atomic mass is 79.9. The fourth-order valence-electron chi connectivity index (χ4n) is 1.43. The lowest BCUT2D eigenvalue weighted by Crippen LogP contribution is -1.79. The first-order valence-electron chi connectivity index (χ1n) is 5.93. The maximum Gasteiger partial charge on any atom is 0.106 e. The molecule has 0 saturated carbocycles. The molecular weight excluding hydrogens is 262 g/mol. The molecule has 0 amide bonds. The van der Waals surface area contributed by atoms with Crippen LogP contribution in [0.1, 0.15) is 51.0 Å². The molecule has 0 bridgehead atoms. The highest BCUT2D eigenvalue weighted by Crippen LogP contribution is 2.06. The van der Waals surface area contributed by atoms with Gasteiger partial charge in [-0.15, -0.1) is 0 Å². The van der Waals surface area contributed by atoms with Crippen LogP contribution in [0.3, 0.4) is 0 Å². The van der Waals surface area contributed by atoms with Crippen LogP contribution in [0.5, 0.6) is 0 Å². The van der Waals surface area contributed by atoms with E-state index in [1.165, 1.54) is 32.1 Å². The average Bonchev–Trinajstić information content (AvgIpc) is 2.30. The van der Waals surface area contributed by atoms with E-state index in [1.54, 1.807) is 6.20 Å². The minimum atomic E-state index is 0.859. The van der Waals surface area contributed by atoms with Gasteiger partial charge in [-0.3, -0.25) is 0 Å². The summed E-state index contributed by atoms with van der Waals surface area (Å²) >= 11 is 3.30. The van der Waals surface area contributed by atoms with Crippen LogP contribution >= 0.6 is 15.9 Å². The van der Waals surface area contributed by atoms with E-state index >= 15 is 0 Å². The lowest BCUT2D eigenvalue weighted by atomic mass is 10.1. The molecule has 0 saturated heterocycles. The number of rotatable bonds is 5. The van der Waals surface area contributed by atoms with E-state index in [9.17, 15) is 0 Å². The summed E-state index contributed by atoms with van der Waals surface area (Å²) in [6, 6.07) is 3.91. The van der Waals surface area contributed by atoms with E-state index in [-0.39, 0.29) is 0 Å². The minimum absolute atomic E-state index is 0.859. The van der Waals surface area contributed by atoms with E-state index in [1.807, 2.05) is 12.1 Å². The molecule has 0 fully saturated rings. The number of unbranched alkanes of at least 4 members (excludes halogenated alkanes) is 5. The predicted octanol–water partition coefficient (Wildman–Crippen LogP) is 4.56. The lowest BCUT2D eigenvalue weighted by Gasteiger charge is -1.94. The van der Waals surface area contributed by atoms with Crippen LogP contribution in [0, 0.1) is 11.8 Å². The molecule has 1 heterocycles. The summed E-state index contributed by atoms with van der Waals surface area (Å²) in [5, 5.41) is 0. The van der Waals surface area contributed by atoms with Gasteiger partial charge in [0.1, 0.15) is 4.60 Å². The zero-order valence-electron chi connectivity index (χ0n) is 9.80. The van der Waals surface area contributed by atoms with Crippen LogP contribution < -0.4 is 0 Å². The number of pyridine rings is 1. The third-order valence-corrected chi connectivity index (χ3v) is 2.83. The van der Waals surface area contributed by atoms with Gasteiger partial charge in [0.05, 0.1) is 0 Å². The smallest absolute Gasteiger partial charge is 0.106 e. The summed E-state index contributed by atoms with van der Waals surface area (Å²) < 4.78 is 0.859. The molecular formula is C14H18BrN. The number of hydrogen-bond acceptors (Lipinski definition) is 1. The van der Waals surface area contributed by atoms with Gasteiger partial charge in [0, 0.05) is 18.2 Å². The van der Waals surface area contributed by atoms with Crippen molar-refractivity contribution in [3.05, 3.63) is 28.5 Å². The Kier molecular flexibility index (Phi) is 6.92. The fourth-order valence-corrected chi connectivity index (χ4v) is 1.67. The van der Waals surface area contributed by atoms with Crippen molar-refractivity contribution < 1.29 is 0 Å². The van der Waals surface area contributed by atoms with Crippen molar-refractivity contribution in [2.24, 2.45) is 0 Å². The Morgan fingerprint density at radius 1 is 1.19 bits per heavy atom. The maximum absolute atomic E-state index is 4.13. The standard InChI is InChI=1S/C14H18BrN/c1-2-3-4-5-6-7-8-9-13-10-11-14(15)16-12-13/h10-12H,2-7H2,1H3. The Morgan fingerprint density at radius 3 is 2.69 bits per heavy atom. The van der Waals surface area contributed by atoms with E-state index in [2.05, 4.69) is 39.7 Å².